The molecule has 2 amide bonds. The Morgan fingerprint density at radius 1 is 1.21 bits per heavy atom. The van der Waals surface area contributed by atoms with Crippen LogP contribution in [0, 0.1) is 0 Å². The number of benzene rings is 1. The summed E-state index contributed by atoms with van der Waals surface area (Å²) in [5, 5.41) is 11.1. The van der Waals surface area contributed by atoms with E-state index >= 15 is 0 Å². The van der Waals surface area contributed by atoms with Crippen molar-refractivity contribution >= 4 is 55.8 Å². The molecule has 1 aromatic heterocycles. The van der Waals surface area contributed by atoms with Gasteiger partial charge in [0.25, 0.3) is 15.9 Å². The van der Waals surface area contributed by atoms with Crippen LogP contribution in [0.3, 0.4) is 0 Å². The summed E-state index contributed by atoms with van der Waals surface area (Å²) in [5.41, 5.74) is 15.8. The Morgan fingerprint density at radius 2 is 1.90 bits per heavy atom. The van der Waals surface area contributed by atoms with Gasteiger partial charge in [-0.05, 0) is 18.2 Å². The molecule has 2 aromatic rings. The summed E-state index contributed by atoms with van der Waals surface area (Å²) in [6.07, 6.45) is 0. The van der Waals surface area contributed by atoms with Crippen LogP contribution >= 0.6 is 11.3 Å². The Bertz CT molecular complexity index is 1110. The van der Waals surface area contributed by atoms with Crippen molar-refractivity contribution in [2.75, 3.05) is 16.6 Å². The number of aliphatic imine (C=N–C) groups is 1. The number of amides is 2. The first-order valence-electron chi connectivity index (χ1n) is 7.50. The maximum absolute atomic E-state index is 12.5. The second kappa shape index (κ2) is 8.53. The van der Waals surface area contributed by atoms with Gasteiger partial charge in [-0.15, -0.1) is 11.3 Å². The number of nitrogens with one attached hydrogen (secondary N) is 2. The highest BCUT2D eigenvalue weighted by atomic mass is 32.2. The summed E-state index contributed by atoms with van der Waals surface area (Å²) in [7, 11) is -4.28. The van der Waals surface area contributed by atoms with Crippen LogP contribution in [0.15, 0.2) is 33.6 Å². The number of primary amides is 1. The molecule has 0 saturated carbocycles. The molecule has 0 spiro atoms. The lowest BCUT2D eigenvalue weighted by Crippen LogP contribution is -2.26. The zero-order valence-corrected chi connectivity index (χ0v) is 16.1. The average Bonchev–Trinajstić information content (AvgIpc) is 3.07. The third-order valence-electron chi connectivity index (χ3n) is 3.24. The molecule has 1 heterocycles. The molecule has 1 aromatic carbocycles. The number of thiazole rings is 1. The number of hydrogen-bond donors (Lipinski definition) is 6. The van der Waals surface area contributed by atoms with Crippen LogP contribution in [0.4, 0.5) is 10.7 Å². The van der Waals surface area contributed by atoms with E-state index in [1.165, 1.54) is 0 Å². The summed E-state index contributed by atoms with van der Waals surface area (Å²) >= 11 is 0.766. The number of anilines is 2. The van der Waals surface area contributed by atoms with Gasteiger partial charge in [-0.2, -0.15) is 0 Å². The normalized spacial score (nSPS) is 10.8. The van der Waals surface area contributed by atoms with Crippen LogP contribution in [-0.2, 0) is 14.8 Å². The highest BCUT2D eigenvalue weighted by Gasteiger charge is 2.23. The number of sulfonamides is 1. The number of aromatic nitrogens is 1. The van der Waals surface area contributed by atoms with Gasteiger partial charge in [0, 0.05) is 0 Å². The quantitative estimate of drug-likeness (QED) is 0.216. The topological polar surface area (TPSA) is 233 Å². The molecule has 0 unspecified atom stereocenters. The van der Waals surface area contributed by atoms with Crippen molar-refractivity contribution in [3.8, 4) is 0 Å². The molecule has 13 nitrogen and oxygen atoms in total. The molecular weight excluding hydrogens is 426 g/mol. The van der Waals surface area contributed by atoms with E-state index in [0.717, 1.165) is 35.0 Å². The molecule has 0 fully saturated rings. The predicted octanol–water partition coefficient (Wildman–Crippen LogP) is -1.05. The Balaban J connectivity index is 2.34. The van der Waals surface area contributed by atoms with Crippen molar-refractivity contribution in [2.24, 2.45) is 22.2 Å². The maximum atomic E-state index is 12.5. The monoisotopic (exact) mass is 441 g/mol. The van der Waals surface area contributed by atoms with Crippen LogP contribution in [0.2, 0.25) is 0 Å². The molecule has 154 valence electrons. The lowest BCUT2D eigenvalue weighted by atomic mass is 10.1. The van der Waals surface area contributed by atoms with Crippen LogP contribution < -0.4 is 27.2 Å². The zero-order valence-electron chi connectivity index (χ0n) is 14.4. The highest BCUT2D eigenvalue weighted by molar-refractivity contribution is 7.93. The van der Waals surface area contributed by atoms with Crippen molar-refractivity contribution in [1.82, 2.24) is 4.98 Å². The standard InChI is InChI=1S/C14H15N7O6S2/c15-11(23)7-3-6(1-2-8(7)20-9(22)4-18-14(16)17)29(26,27)21-12-10(13(24)25)19-5-28-12/h1-3,5,21H,4H2,(H2,15,23)(H,20,22)(H,24,25)(H4,16,17,18). The summed E-state index contributed by atoms with van der Waals surface area (Å²) in [6.45, 7) is -0.425. The fraction of sp³-hybridized carbons (Fsp3) is 0.0714. The summed E-state index contributed by atoms with van der Waals surface area (Å²) < 4.78 is 27.2. The van der Waals surface area contributed by atoms with Gasteiger partial charge in [-0.1, -0.05) is 0 Å². The smallest absolute Gasteiger partial charge is 0.357 e. The molecule has 0 atom stereocenters. The SMILES string of the molecule is NC(=O)c1cc(S(=O)(=O)Nc2scnc2C(=O)O)ccc1NC(=O)CN=C(N)N. The van der Waals surface area contributed by atoms with Gasteiger partial charge in [0.15, 0.2) is 11.7 Å². The highest BCUT2D eigenvalue weighted by Crippen LogP contribution is 2.26. The van der Waals surface area contributed by atoms with Crippen LogP contribution in [0.25, 0.3) is 0 Å². The first-order valence-corrected chi connectivity index (χ1v) is 9.86. The number of rotatable bonds is 8. The fourth-order valence-electron chi connectivity index (χ4n) is 2.01. The number of hydrogen-bond acceptors (Lipinski definition) is 8. The molecule has 0 saturated heterocycles. The van der Waals surface area contributed by atoms with Crippen molar-refractivity contribution in [3.05, 3.63) is 35.0 Å². The Labute approximate surface area is 167 Å². The number of carboxylic acids is 1. The summed E-state index contributed by atoms with van der Waals surface area (Å²) in [5.74, 6) is -3.42. The van der Waals surface area contributed by atoms with Gasteiger partial charge in [-0.3, -0.25) is 14.3 Å². The van der Waals surface area contributed by atoms with E-state index in [4.69, 9.17) is 22.3 Å². The van der Waals surface area contributed by atoms with Crippen LogP contribution in [0.1, 0.15) is 20.8 Å². The molecule has 0 aliphatic carbocycles. The van der Waals surface area contributed by atoms with E-state index in [-0.39, 0.29) is 22.2 Å². The van der Waals surface area contributed by atoms with Gasteiger partial charge in [0.05, 0.1) is 21.7 Å². The van der Waals surface area contributed by atoms with Gasteiger partial charge in [-0.25, -0.2) is 23.2 Å². The van der Waals surface area contributed by atoms with Crippen LogP contribution in [-0.4, -0.2) is 48.8 Å². The first-order chi connectivity index (χ1) is 13.5. The molecule has 0 aliphatic heterocycles. The first kappa shape index (κ1) is 21.6. The molecule has 15 heteroatoms. The zero-order chi connectivity index (χ0) is 21.8. The average molecular weight is 441 g/mol. The molecule has 9 N–H and O–H groups in total. The van der Waals surface area contributed by atoms with Gasteiger partial charge >= 0.3 is 5.97 Å². The minimum atomic E-state index is -4.28. The predicted molar refractivity (Wildman–Crippen MR) is 104 cm³/mol. The second-order valence-corrected chi connectivity index (χ2v) is 7.84. The Hall–Kier alpha value is -3.72. The number of nitrogens with zero attached hydrogens (tertiary/aromatic N) is 2. The van der Waals surface area contributed by atoms with Crippen molar-refractivity contribution in [1.29, 1.82) is 0 Å². The van der Waals surface area contributed by atoms with Crippen molar-refractivity contribution in [3.63, 3.8) is 0 Å². The lowest BCUT2D eigenvalue weighted by Gasteiger charge is -2.12. The minimum Gasteiger partial charge on any atom is -0.476 e. The molecule has 2 rings (SSSR count). The lowest BCUT2D eigenvalue weighted by molar-refractivity contribution is -0.114. The molecule has 0 radical (unpaired) electrons. The number of aromatic carboxylic acids is 1. The molecule has 29 heavy (non-hydrogen) atoms. The van der Waals surface area contributed by atoms with Crippen LogP contribution in [0.5, 0.6) is 0 Å². The van der Waals surface area contributed by atoms with E-state index in [2.05, 4.69) is 20.0 Å². The van der Waals surface area contributed by atoms with E-state index in [1.807, 2.05) is 0 Å². The fourth-order valence-corrected chi connectivity index (χ4v) is 4.02. The second-order valence-electron chi connectivity index (χ2n) is 5.30. The van der Waals surface area contributed by atoms with E-state index in [1.54, 1.807) is 0 Å². The maximum Gasteiger partial charge on any atom is 0.357 e. The third-order valence-corrected chi connectivity index (χ3v) is 5.46. The van der Waals surface area contributed by atoms with Crippen molar-refractivity contribution in [2.45, 2.75) is 4.90 Å². The largest absolute Gasteiger partial charge is 0.476 e. The summed E-state index contributed by atoms with van der Waals surface area (Å²) in [4.78, 5) is 41.3. The van der Waals surface area contributed by atoms with Gasteiger partial charge in [0.1, 0.15) is 11.5 Å². The van der Waals surface area contributed by atoms with E-state index in [9.17, 15) is 22.8 Å². The minimum absolute atomic E-state index is 0.0590. The molecular formula is C14H15N7O6S2. The number of carbonyl (C=O) groups excluding carboxylic acids is 2. The van der Waals surface area contributed by atoms with E-state index < -0.39 is 44.9 Å². The number of carboxylic acid groups (broad SMARTS) is 1. The molecule has 0 bridgehead atoms. The summed E-state index contributed by atoms with van der Waals surface area (Å²) in [6, 6.07) is 3.17. The Morgan fingerprint density at radius 3 is 2.48 bits per heavy atom. The Kier molecular flexibility index (Phi) is 6.35. The van der Waals surface area contributed by atoms with E-state index in [0.29, 0.717) is 0 Å². The van der Waals surface area contributed by atoms with Gasteiger partial charge in [0.2, 0.25) is 5.91 Å². The number of nitrogens with two attached hydrogens (primary N) is 3. The third kappa shape index (κ3) is 5.39. The molecule has 0 aliphatic rings. The number of carbonyl (C=O) groups is 3. The number of guanidine groups is 1. The van der Waals surface area contributed by atoms with Crippen molar-refractivity contribution < 1.29 is 27.9 Å². The van der Waals surface area contributed by atoms with Gasteiger partial charge < -0.3 is 27.6 Å².